The highest BCUT2D eigenvalue weighted by Gasteiger charge is 2.27. The molecule has 9 heteroatoms. The minimum absolute atomic E-state index is 0.0145. The number of rotatable bonds is 5. The molecule has 4 aromatic rings. The largest absolute Gasteiger partial charge is 0.461 e. The molecule has 1 aliphatic rings. The third kappa shape index (κ3) is 3.71. The molecule has 154 valence electrons. The van der Waals surface area contributed by atoms with Crippen LogP contribution in [0.4, 0.5) is 11.4 Å². The number of aromatic nitrogens is 3. The Labute approximate surface area is 181 Å². The van der Waals surface area contributed by atoms with Crippen LogP contribution in [0.2, 0.25) is 0 Å². The average molecular weight is 431 g/mol. The van der Waals surface area contributed by atoms with E-state index in [1.165, 1.54) is 16.7 Å². The monoisotopic (exact) mass is 431 g/mol. The van der Waals surface area contributed by atoms with Gasteiger partial charge in [-0.25, -0.2) is 0 Å². The van der Waals surface area contributed by atoms with E-state index in [0.717, 1.165) is 5.69 Å². The topological polar surface area (TPSA) is 93.3 Å². The van der Waals surface area contributed by atoms with Crippen LogP contribution in [0.1, 0.15) is 0 Å². The number of carbonyl (C=O) groups excluding carboxylic acids is 2. The van der Waals surface area contributed by atoms with Crippen LogP contribution in [0.3, 0.4) is 0 Å². The van der Waals surface area contributed by atoms with Crippen LogP contribution in [0.25, 0.3) is 17.3 Å². The van der Waals surface area contributed by atoms with Crippen molar-refractivity contribution in [2.24, 2.45) is 0 Å². The number of anilines is 2. The average Bonchev–Trinajstić information content (AvgIpc) is 3.47. The molecule has 0 bridgehead atoms. The quantitative estimate of drug-likeness (QED) is 0.485. The van der Waals surface area contributed by atoms with Crippen molar-refractivity contribution in [3.63, 3.8) is 0 Å². The number of amides is 2. The minimum Gasteiger partial charge on any atom is -0.461 e. The van der Waals surface area contributed by atoms with Gasteiger partial charge in [-0.1, -0.05) is 42.1 Å². The van der Waals surface area contributed by atoms with Crippen molar-refractivity contribution in [3.05, 3.63) is 73.0 Å². The number of fused-ring (bicyclic) bond motifs is 1. The van der Waals surface area contributed by atoms with Gasteiger partial charge in [0.1, 0.15) is 6.54 Å². The van der Waals surface area contributed by atoms with Gasteiger partial charge in [0.15, 0.2) is 10.9 Å². The lowest BCUT2D eigenvalue weighted by Gasteiger charge is -2.29. The highest BCUT2D eigenvalue weighted by molar-refractivity contribution is 7.99. The summed E-state index contributed by atoms with van der Waals surface area (Å²) in [5, 5.41) is 11.9. The van der Waals surface area contributed by atoms with Gasteiger partial charge in [0, 0.05) is 5.69 Å². The van der Waals surface area contributed by atoms with Gasteiger partial charge in [0.05, 0.1) is 23.4 Å². The first-order valence-corrected chi connectivity index (χ1v) is 10.6. The van der Waals surface area contributed by atoms with Gasteiger partial charge >= 0.3 is 0 Å². The van der Waals surface area contributed by atoms with Gasteiger partial charge < -0.3 is 14.6 Å². The summed E-state index contributed by atoms with van der Waals surface area (Å²) in [6, 6.07) is 20.5. The van der Waals surface area contributed by atoms with Gasteiger partial charge in [0.25, 0.3) is 0 Å². The van der Waals surface area contributed by atoms with Gasteiger partial charge in [-0.05, 0) is 36.4 Å². The van der Waals surface area contributed by atoms with Crippen molar-refractivity contribution in [3.8, 4) is 17.3 Å². The molecule has 0 spiro atoms. The van der Waals surface area contributed by atoms with Crippen LogP contribution < -0.4 is 10.2 Å². The Morgan fingerprint density at radius 1 is 1.03 bits per heavy atom. The van der Waals surface area contributed by atoms with E-state index >= 15 is 0 Å². The Balaban J connectivity index is 1.43. The summed E-state index contributed by atoms with van der Waals surface area (Å²) in [4.78, 5) is 26.6. The minimum atomic E-state index is -0.218. The molecular formula is C22H17N5O3S. The van der Waals surface area contributed by atoms with Crippen LogP contribution in [0.15, 0.2) is 82.6 Å². The summed E-state index contributed by atoms with van der Waals surface area (Å²) in [5.41, 5.74) is 2.18. The number of thioether (sulfide) groups is 1. The molecule has 1 N–H and O–H groups in total. The van der Waals surface area contributed by atoms with E-state index in [0.29, 0.717) is 28.1 Å². The van der Waals surface area contributed by atoms with E-state index in [2.05, 4.69) is 15.5 Å². The number of carbonyl (C=O) groups is 2. The summed E-state index contributed by atoms with van der Waals surface area (Å²) in [6.45, 7) is -0.0145. The van der Waals surface area contributed by atoms with E-state index < -0.39 is 0 Å². The normalized spacial score (nSPS) is 13.0. The SMILES string of the molecule is O=C1CN(C(=O)CSc2nnc(-c3ccco3)n2-c2ccccc2)c2ccccc2N1. The lowest BCUT2D eigenvalue weighted by atomic mass is 10.2. The Morgan fingerprint density at radius 2 is 1.84 bits per heavy atom. The third-order valence-electron chi connectivity index (χ3n) is 4.79. The van der Waals surface area contributed by atoms with E-state index in [9.17, 15) is 9.59 Å². The molecule has 0 aliphatic carbocycles. The lowest BCUT2D eigenvalue weighted by Crippen LogP contribution is -2.43. The Bertz CT molecular complexity index is 1240. The van der Waals surface area contributed by atoms with Crippen LogP contribution in [0.5, 0.6) is 0 Å². The molecule has 2 aromatic heterocycles. The summed E-state index contributed by atoms with van der Waals surface area (Å²) in [5.74, 6) is 0.828. The molecule has 31 heavy (non-hydrogen) atoms. The van der Waals surface area contributed by atoms with Crippen LogP contribution >= 0.6 is 11.8 Å². The molecule has 3 heterocycles. The second-order valence-corrected chi connectivity index (χ2v) is 7.73. The first-order chi connectivity index (χ1) is 15.2. The van der Waals surface area contributed by atoms with Gasteiger partial charge in [-0.15, -0.1) is 10.2 Å². The summed E-state index contributed by atoms with van der Waals surface area (Å²) in [7, 11) is 0. The number of nitrogens with zero attached hydrogens (tertiary/aromatic N) is 4. The highest BCUT2D eigenvalue weighted by atomic mass is 32.2. The fraction of sp³-hybridized carbons (Fsp3) is 0.0909. The number of hydrogen-bond donors (Lipinski definition) is 1. The van der Waals surface area contributed by atoms with Gasteiger partial charge in [0.2, 0.25) is 17.6 Å². The molecule has 2 amide bonds. The van der Waals surface area contributed by atoms with Crippen LogP contribution in [0, 0.1) is 0 Å². The number of para-hydroxylation sites is 3. The van der Waals surface area contributed by atoms with E-state index in [1.54, 1.807) is 18.4 Å². The molecule has 0 saturated heterocycles. The van der Waals surface area contributed by atoms with E-state index in [4.69, 9.17) is 4.42 Å². The molecule has 0 saturated carbocycles. The molecule has 2 aromatic carbocycles. The van der Waals surface area contributed by atoms with Crippen molar-refractivity contribution in [1.29, 1.82) is 0 Å². The van der Waals surface area contributed by atoms with Crippen LogP contribution in [-0.4, -0.2) is 38.9 Å². The summed E-state index contributed by atoms with van der Waals surface area (Å²) in [6.07, 6.45) is 1.58. The number of nitrogens with one attached hydrogen (secondary N) is 1. The number of furan rings is 1. The van der Waals surface area contributed by atoms with Gasteiger partial charge in [-0.3, -0.25) is 14.2 Å². The van der Waals surface area contributed by atoms with E-state index in [-0.39, 0.29) is 24.1 Å². The highest BCUT2D eigenvalue weighted by Crippen LogP contribution is 2.31. The molecule has 0 atom stereocenters. The maximum atomic E-state index is 13.0. The predicted octanol–water partition coefficient (Wildman–Crippen LogP) is 3.60. The molecule has 1 aliphatic heterocycles. The number of benzene rings is 2. The molecule has 8 nitrogen and oxygen atoms in total. The first-order valence-electron chi connectivity index (χ1n) is 9.57. The summed E-state index contributed by atoms with van der Waals surface area (Å²) < 4.78 is 7.37. The van der Waals surface area contributed by atoms with Crippen molar-refractivity contribution in [2.45, 2.75) is 5.16 Å². The molecule has 0 radical (unpaired) electrons. The standard InChI is InChI=1S/C22H17N5O3S/c28-19-13-26(17-10-5-4-9-16(17)23-19)20(29)14-31-22-25-24-21(18-11-6-12-30-18)27(22)15-7-2-1-3-8-15/h1-12H,13-14H2,(H,23,28). The Hall–Kier alpha value is -3.85. The first kappa shape index (κ1) is 19.1. The zero-order valence-corrected chi connectivity index (χ0v) is 17.1. The Morgan fingerprint density at radius 3 is 2.65 bits per heavy atom. The number of hydrogen-bond acceptors (Lipinski definition) is 6. The van der Waals surface area contributed by atoms with Crippen molar-refractivity contribution >= 4 is 35.0 Å². The molecule has 0 unspecified atom stereocenters. The van der Waals surface area contributed by atoms with E-state index in [1.807, 2.05) is 59.2 Å². The third-order valence-corrected chi connectivity index (χ3v) is 5.70. The second kappa shape index (κ2) is 8.11. The summed E-state index contributed by atoms with van der Waals surface area (Å²) >= 11 is 1.26. The van der Waals surface area contributed by atoms with Crippen molar-refractivity contribution in [1.82, 2.24) is 14.8 Å². The van der Waals surface area contributed by atoms with Crippen LogP contribution in [-0.2, 0) is 9.59 Å². The lowest BCUT2D eigenvalue weighted by molar-refractivity contribution is -0.120. The van der Waals surface area contributed by atoms with Crippen molar-refractivity contribution < 1.29 is 14.0 Å². The smallest absolute Gasteiger partial charge is 0.244 e. The Kier molecular flexibility index (Phi) is 5.01. The van der Waals surface area contributed by atoms with Crippen molar-refractivity contribution in [2.75, 3.05) is 22.5 Å². The maximum Gasteiger partial charge on any atom is 0.244 e. The predicted molar refractivity (Wildman–Crippen MR) is 117 cm³/mol. The molecule has 0 fully saturated rings. The fourth-order valence-electron chi connectivity index (χ4n) is 3.40. The van der Waals surface area contributed by atoms with Gasteiger partial charge in [-0.2, -0.15) is 0 Å². The maximum absolute atomic E-state index is 13.0. The molecule has 5 rings (SSSR count). The second-order valence-electron chi connectivity index (χ2n) is 6.79. The fourth-order valence-corrected chi connectivity index (χ4v) is 4.23. The molecular weight excluding hydrogens is 414 g/mol. The zero-order chi connectivity index (χ0) is 21.2. The zero-order valence-electron chi connectivity index (χ0n) is 16.3.